The van der Waals surface area contributed by atoms with Gasteiger partial charge in [0.2, 0.25) is 0 Å². The molecule has 1 aromatic carbocycles. The van der Waals surface area contributed by atoms with Gasteiger partial charge in [-0.05, 0) is 28.4 Å². The van der Waals surface area contributed by atoms with Crippen LogP contribution in [0.1, 0.15) is 57.0 Å². The highest BCUT2D eigenvalue weighted by molar-refractivity contribution is 7.99. The Kier molecular flexibility index (Phi) is 6.12. The van der Waals surface area contributed by atoms with Crippen molar-refractivity contribution in [2.24, 2.45) is 0 Å². The number of hydrogen-bond acceptors (Lipinski definition) is 3. The number of hydrogen-bond donors (Lipinski definition) is 0. The van der Waals surface area contributed by atoms with Crippen LogP contribution in [0.3, 0.4) is 0 Å². The Morgan fingerprint density at radius 3 is 2.45 bits per heavy atom. The minimum Gasteiger partial charge on any atom is -0.496 e. The van der Waals surface area contributed by atoms with E-state index in [1.54, 1.807) is 7.11 Å². The summed E-state index contributed by atoms with van der Waals surface area (Å²) in [6.45, 7) is 10.7. The molecule has 0 N–H and O–H groups in total. The lowest BCUT2D eigenvalue weighted by molar-refractivity contribution is 0.0986. The number of rotatable bonds is 6. The molecule has 112 valence electrons. The van der Waals surface area contributed by atoms with Crippen LogP contribution in [0.2, 0.25) is 0 Å². The monoisotopic (exact) mass is 294 g/mol. The first-order chi connectivity index (χ1) is 9.25. The first-order valence-corrected chi connectivity index (χ1v) is 8.14. The smallest absolute Gasteiger partial charge is 0.167 e. The maximum Gasteiger partial charge on any atom is 0.167 e. The van der Waals surface area contributed by atoms with Crippen molar-refractivity contribution < 1.29 is 9.53 Å². The standard InChI is InChI=1S/C17H26O2S/c1-12(2)20-10-9-15(18)14-11-13(17(3,4)5)7-8-16(14)19-6/h7-8,11-12H,9-10H2,1-6H3. The van der Waals surface area contributed by atoms with Gasteiger partial charge in [0.05, 0.1) is 12.7 Å². The topological polar surface area (TPSA) is 26.3 Å². The van der Waals surface area contributed by atoms with E-state index in [-0.39, 0.29) is 11.2 Å². The summed E-state index contributed by atoms with van der Waals surface area (Å²) in [6, 6.07) is 5.93. The Labute approximate surface area is 127 Å². The van der Waals surface area contributed by atoms with Crippen LogP contribution in [0.15, 0.2) is 18.2 Å². The second-order valence-corrected chi connectivity index (χ2v) is 7.94. The zero-order valence-corrected chi connectivity index (χ0v) is 14.3. The zero-order chi connectivity index (χ0) is 15.3. The van der Waals surface area contributed by atoms with Crippen LogP contribution in [-0.4, -0.2) is 23.9 Å². The fraction of sp³-hybridized carbons (Fsp3) is 0.588. The van der Waals surface area contributed by atoms with E-state index < -0.39 is 0 Å². The minimum absolute atomic E-state index is 0.0357. The second-order valence-electron chi connectivity index (χ2n) is 6.26. The summed E-state index contributed by atoms with van der Waals surface area (Å²) in [6.07, 6.45) is 0.562. The molecule has 0 atom stereocenters. The maximum absolute atomic E-state index is 12.4. The molecule has 0 unspecified atom stereocenters. The fourth-order valence-corrected chi connectivity index (χ4v) is 2.69. The summed E-state index contributed by atoms with van der Waals surface area (Å²) in [4.78, 5) is 12.4. The summed E-state index contributed by atoms with van der Waals surface area (Å²) in [5.41, 5.74) is 1.91. The predicted octanol–water partition coefficient (Wildman–Crippen LogP) is 4.71. The molecular formula is C17H26O2S. The van der Waals surface area contributed by atoms with Crippen molar-refractivity contribution in [1.82, 2.24) is 0 Å². The van der Waals surface area contributed by atoms with Gasteiger partial charge < -0.3 is 4.74 Å². The average Bonchev–Trinajstić information content (AvgIpc) is 2.36. The normalized spacial score (nSPS) is 11.8. The zero-order valence-electron chi connectivity index (χ0n) is 13.4. The fourth-order valence-electron chi connectivity index (χ4n) is 1.91. The number of ether oxygens (including phenoxy) is 1. The number of benzene rings is 1. The van der Waals surface area contributed by atoms with E-state index in [0.717, 1.165) is 11.3 Å². The van der Waals surface area contributed by atoms with Crippen molar-refractivity contribution in [3.63, 3.8) is 0 Å². The molecule has 0 bridgehead atoms. The Hall–Kier alpha value is -0.960. The van der Waals surface area contributed by atoms with Gasteiger partial charge in [0, 0.05) is 12.2 Å². The van der Waals surface area contributed by atoms with Crippen molar-refractivity contribution in [1.29, 1.82) is 0 Å². The van der Waals surface area contributed by atoms with Gasteiger partial charge in [0.1, 0.15) is 5.75 Å². The lowest BCUT2D eigenvalue weighted by Gasteiger charge is -2.20. The molecule has 0 fully saturated rings. The summed E-state index contributed by atoms with van der Waals surface area (Å²) in [5, 5.41) is 0.561. The highest BCUT2D eigenvalue weighted by Gasteiger charge is 2.19. The average molecular weight is 294 g/mol. The van der Waals surface area contributed by atoms with E-state index in [9.17, 15) is 4.79 Å². The molecule has 1 rings (SSSR count). The Morgan fingerprint density at radius 1 is 1.30 bits per heavy atom. The molecule has 3 heteroatoms. The Morgan fingerprint density at radius 2 is 1.95 bits per heavy atom. The molecule has 0 amide bonds. The molecule has 0 spiro atoms. The number of thioether (sulfide) groups is 1. The molecular weight excluding hydrogens is 268 g/mol. The SMILES string of the molecule is COc1ccc(C(C)(C)C)cc1C(=O)CCSC(C)C. The minimum atomic E-state index is 0.0357. The summed E-state index contributed by atoms with van der Waals surface area (Å²) in [5.74, 6) is 1.71. The number of carbonyl (C=O) groups is 1. The van der Waals surface area contributed by atoms with Gasteiger partial charge in [-0.2, -0.15) is 11.8 Å². The van der Waals surface area contributed by atoms with E-state index in [1.165, 1.54) is 0 Å². The number of Topliss-reactive ketones (excluding diaryl/α,β-unsaturated/α-hetero) is 1. The van der Waals surface area contributed by atoms with Gasteiger partial charge in [-0.3, -0.25) is 4.79 Å². The van der Waals surface area contributed by atoms with Crippen LogP contribution in [0.5, 0.6) is 5.75 Å². The molecule has 0 saturated heterocycles. The molecule has 0 aromatic heterocycles. The van der Waals surface area contributed by atoms with Crippen molar-refractivity contribution >= 4 is 17.5 Å². The number of ketones is 1. The third kappa shape index (κ3) is 4.86. The van der Waals surface area contributed by atoms with Crippen LogP contribution in [0, 0.1) is 0 Å². The van der Waals surface area contributed by atoms with Gasteiger partial charge in [-0.1, -0.05) is 40.7 Å². The van der Waals surface area contributed by atoms with Gasteiger partial charge in [0.15, 0.2) is 5.78 Å². The van der Waals surface area contributed by atoms with E-state index in [4.69, 9.17) is 4.74 Å². The molecule has 2 nitrogen and oxygen atoms in total. The van der Waals surface area contributed by atoms with Gasteiger partial charge in [-0.25, -0.2) is 0 Å². The Bertz CT molecular complexity index is 459. The molecule has 0 aliphatic rings. The summed E-state index contributed by atoms with van der Waals surface area (Å²) >= 11 is 1.82. The van der Waals surface area contributed by atoms with E-state index in [0.29, 0.717) is 23.0 Å². The largest absolute Gasteiger partial charge is 0.496 e. The van der Waals surface area contributed by atoms with Gasteiger partial charge >= 0.3 is 0 Å². The lowest BCUT2D eigenvalue weighted by atomic mass is 9.85. The molecule has 1 aromatic rings. The lowest BCUT2D eigenvalue weighted by Crippen LogP contribution is -2.13. The van der Waals surface area contributed by atoms with Crippen molar-refractivity contribution in [3.8, 4) is 5.75 Å². The van der Waals surface area contributed by atoms with E-state index in [1.807, 2.05) is 30.0 Å². The van der Waals surface area contributed by atoms with E-state index >= 15 is 0 Å². The first-order valence-electron chi connectivity index (χ1n) is 7.09. The third-order valence-electron chi connectivity index (χ3n) is 3.15. The van der Waals surface area contributed by atoms with Crippen LogP contribution < -0.4 is 4.74 Å². The molecule has 0 aliphatic carbocycles. The van der Waals surface area contributed by atoms with Crippen LogP contribution in [-0.2, 0) is 5.41 Å². The van der Waals surface area contributed by atoms with Gasteiger partial charge in [-0.15, -0.1) is 0 Å². The van der Waals surface area contributed by atoms with Gasteiger partial charge in [0.25, 0.3) is 0 Å². The molecule has 0 saturated carbocycles. The van der Waals surface area contributed by atoms with Crippen molar-refractivity contribution in [2.45, 2.75) is 51.7 Å². The maximum atomic E-state index is 12.4. The molecule has 0 aliphatic heterocycles. The number of carbonyl (C=O) groups excluding carboxylic acids is 1. The summed E-state index contributed by atoms with van der Waals surface area (Å²) < 4.78 is 5.33. The Balaban J connectivity index is 2.93. The predicted molar refractivity (Wildman–Crippen MR) is 88.2 cm³/mol. The molecule has 0 heterocycles. The quantitative estimate of drug-likeness (QED) is 0.711. The van der Waals surface area contributed by atoms with Crippen LogP contribution >= 0.6 is 11.8 Å². The highest BCUT2D eigenvalue weighted by atomic mass is 32.2. The van der Waals surface area contributed by atoms with E-state index in [2.05, 4.69) is 34.6 Å². The molecule has 20 heavy (non-hydrogen) atoms. The number of methoxy groups -OCH3 is 1. The van der Waals surface area contributed by atoms with Crippen LogP contribution in [0.25, 0.3) is 0 Å². The third-order valence-corrected chi connectivity index (χ3v) is 4.25. The van der Waals surface area contributed by atoms with Crippen molar-refractivity contribution in [3.05, 3.63) is 29.3 Å². The first kappa shape index (κ1) is 17.1. The summed E-state index contributed by atoms with van der Waals surface area (Å²) in [7, 11) is 1.62. The van der Waals surface area contributed by atoms with Crippen molar-refractivity contribution in [2.75, 3.05) is 12.9 Å². The molecule has 0 radical (unpaired) electrons. The second kappa shape index (κ2) is 7.16. The highest BCUT2D eigenvalue weighted by Crippen LogP contribution is 2.29. The van der Waals surface area contributed by atoms with Crippen LogP contribution in [0.4, 0.5) is 0 Å².